The highest BCUT2D eigenvalue weighted by Crippen LogP contribution is 2.17. The number of carbonyl (C=O) groups excluding carboxylic acids is 1. The van der Waals surface area contributed by atoms with E-state index in [1.165, 1.54) is 0 Å². The van der Waals surface area contributed by atoms with Gasteiger partial charge in [-0.05, 0) is 46.8 Å². The maximum atomic E-state index is 12.4. The molecular formula is C23H25N5O3. The van der Waals surface area contributed by atoms with Crippen molar-refractivity contribution in [3.8, 4) is 5.75 Å². The van der Waals surface area contributed by atoms with Gasteiger partial charge >= 0.3 is 0 Å². The Balaban J connectivity index is 1.31. The molecule has 0 aliphatic heterocycles. The van der Waals surface area contributed by atoms with E-state index in [1.54, 1.807) is 18.1 Å². The zero-order valence-corrected chi connectivity index (χ0v) is 17.6. The molecule has 2 aromatic heterocycles. The largest absolute Gasteiger partial charge is 0.491 e. The Morgan fingerprint density at radius 2 is 1.87 bits per heavy atom. The number of fused-ring (bicyclic) bond motifs is 1. The quantitative estimate of drug-likeness (QED) is 0.422. The predicted octanol–water partition coefficient (Wildman–Crippen LogP) is 3.02. The second-order valence-electron chi connectivity index (χ2n) is 7.29. The first-order valence-electron chi connectivity index (χ1n) is 10.1. The van der Waals surface area contributed by atoms with E-state index in [0.29, 0.717) is 25.6 Å². The van der Waals surface area contributed by atoms with Crippen molar-refractivity contribution in [3.05, 3.63) is 72.1 Å². The number of nitrogens with one attached hydrogen (secondary N) is 1. The molecule has 0 radical (unpaired) electrons. The summed E-state index contributed by atoms with van der Waals surface area (Å²) in [6.45, 7) is 1.56. The molecule has 0 unspecified atom stereocenters. The van der Waals surface area contributed by atoms with E-state index >= 15 is 0 Å². The number of nitrogens with zero attached hydrogens (tertiary/aromatic N) is 4. The van der Waals surface area contributed by atoms with Gasteiger partial charge in [0.2, 0.25) is 5.91 Å². The standard InChI is InChI=1S/C23H25N5O3/c1-27-10-9-19-13-18(5-8-21(19)27)14-23(29)25-22-15-24-28(26-22)16-17-3-6-20(7-4-17)31-12-11-30-2/h3-10,13,15H,11-12,14,16H2,1-2H3,(H,25,26,29). The van der Waals surface area contributed by atoms with Gasteiger partial charge in [-0.15, -0.1) is 5.10 Å². The molecule has 0 spiro atoms. The first-order valence-corrected chi connectivity index (χ1v) is 10.1. The first-order chi connectivity index (χ1) is 15.1. The topological polar surface area (TPSA) is 83.2 Å². The third kappa shape index (κ3) is 5.29. The molecule has 0 aliphatic carbocycles. The summed E-state index contributed by atoms with van der Waals surface area (Å²) in [5, 5.41) is 12.5. The average Bonchev–Trinajstić information content (AvgIpc) is 3.35. The number of ether oxygens (including phenoxy) is 2. The molecule has 0 atom stereocenters. The van der Waals surface area contributed by atoms with Gasteiger partial charge < -0.3 is 19.4 Å². The summed E-state index contributed by atoms with van der Waals surface area (Å²) in [6.07, 6.45) is 3.84. The maximum Gasteiger partial charge on any atom is 0.230 e. The summed E-state index contributed by atoms with van der Waals surface area (Å²) in [6, 6.07) is 15.8. The van der Waals surface area contributed by atoms with E-state index in [0.717, 1.165) is 27.8 Å². The molecule has 1 N–H and O–H groups in total. The fourth-order valence-electron chi connectivity index (χ4n) is 3.34. The SMILES string of the molecule is COCCOc1ccc(Cn2ncc(NC(=O)Cc3ccc4c(ccn4C)c3)n2)cc1. The van der Waals surface area contributed by atoms with Gasteiger partial charge in [-0.2, -0.15) is 9.90 Å². The van der Waals surface area contributed by atoms with Gasteiger partial charge in [0.1, 0.15) is 12.4 Å². The third-order valence-electron chi connectivity index (χ3n) is 4.92. The van der Waals surface area contributed by atoms with Crippen molar-refractivity contribution in [1.29, 1.82) is 0 Å². The zero-order chi connectivity index (χ0) is 21.6. The highest BCUT2D eigenvalue weighted by atomic mass is 16.5. The monoisotopic (exact) mass is 419 g/mol. The van der Waals surface area contributed by atoms with Crippen LogP contribution in [0.3, 0.4) is 0 Å². The second kappa shape index (κ2) is 9.44. The number of amides is 1. The average molecular weight is 419 g/mol. The van der Waals surface area contributed by atoms with Crippen molar-refractivity contribution in [3.63, 3.8) is 0 Å². The van der Waals surface area contributed by atoms with Gasteiger partial charge in [-0.1, -0.05) is 18.2 Å². The van der Waals surface area contributed by atoms with Crippen molar-refractivity contribution in [1.82, 2.24) is 19.6 Å². The lowest BCUT2D eigenvalue weighted by atomic mass is 10.1. The van der Waals surface area contributed by atoms with Crippen LogP contribution in [0.2, 0.25) is 0 Å². The lowest BCUT2D eigenvalue weighted by Gasteiger charge is -2.06. The lowest BCUT2D eigenvalue weighted by molar-refractivity contribution is -0.115. The molecule has 1 amide bonds. The molecule has 8 heteroatoms. The zero-order valence-electron chi connectivity index (χ0n) is 17.6. The minimum atomic E-state index is -0.125. The van der Waals surface area contributed by atoms with Gasteiger partial charge in [-0.3, -0.25) is 4.79 Å². The van der Waals surface area contributed by atoms with Crippen LogP contribution in [-0.4, -0.2) is 45.8 Å². The smallest absolute Gasteiger partial charge is 0.230 e. The number of aromatic nitrogens is 4. The van der Waals surface area contributed by atoms with Crippen LogP contribution >= 0.6 is 0 Å². The molecule has 2 aromatic carbocycles. The molecule has 0 saturated carbocycles. The fraction of sp³-hybridized carbons (Fsp3) is 0.261. The van der Waals surface area contributed by atoms with Crippen molar-refractivity contribution in [2.75, 3.05) is 25.6 Å². The lowest BCUT2D eigenvalue weighted by Crippen LogP contribution is -2.15. The van der Waals surface area contributed by atoms with Crippen molar-refractivity contribution in [2.45, 2.75) is 13.0 Å². The van der Waals surface area contributed by atoms with Gasteiger partial charge in [0.15, 0.2) is 5.82 Å². The number of carbonyl (C=O) groups is 1. The maximum absolute atomic E-state index is 12.4. The van der Waals surface area contributed by atoms with E-state index in [2.05, 4.69) is 20.1 Å². The molecule has 31 heavy (non-hydrogen) atoms. The van der Waals surface area contributed by atoms with Crippen LogP contribution in [0.15, 0.2) is 60.9 Å². The van der Waals surface area contributed by atoms with E-state index < -0.39 is 0 Å². The molecular weight excluding hydrogens is 394 g/mol. The molecule has 0 fully saturated rings. The van der Waals surface area contributed by atoms with Crippen LogP contribution in [-0.2, 0) is 29.5 Å². The Hall–Kier alpha value is -3.65. The van der Waals surface area contributed by atoms with E-state index in [4.69, 9.17) is 9.47 Å². The number of aryl methyl sites for hydroxylation is 1. The summed E-state index contributed by atoms with van der Waals surface area (Å²) in [5.74, 6) is 1.10. The molecule has 4 rings (SSSR count). The summed E-state index contributed by atoms with van der Waals surface area (Å²) in [7, 11) is 3.65. The van der Waals surface area contributed by atoms with Crippen LogP contribution in [0.5, 0.6) is 5.75 Å². The number of hydrogen-bond donors (Lipinski definition) is 1. The molecule has 160 valence electrons. The number of rotatable bonds is 9. The number of anilines is 1. The highest BCUT2D eigenvalue weighted by Gasteiger charge is 2.09. The van der Waals surface area contributed by atoms with Gasteiger partial charge in [0.05, 0.1) is 25.8 Å². The second-order valence-corrected chi connectivity index (χ2v) is 7.29. The molecule has 2 heterocycles. The van der Waals surface area contributed by atoms with Gasteiger partial charge in [0.25, 0.3) is 0 Å². The predicted molar refractivity (Wildman–Crippen MR) is 118 cm³/mol. The summed E-state index contributed by atoms with van der Waals surface area (Å²) in [5.41, 5.74) is 3.13. The van der Waals surface area contributed by atoms with E-state index in [1.807, 2.05) is 61.8 Å². The highest BCUT2D eigenvalue weighted by molar-refractivity contribution is 5.92. The molecule has 0 saturated heterocycles. The Labute approximate surface area is 180 Å². The number of benzene rings is 2. The van der Waals surface area contributed by atoms with E-state index in [-0.39, 0.29) is 12.3 Å². The van der Waals surface area contributed by atoms with E-state index in [9.17, 15) is 4.79 Å². The van der Waals surface area contributed by atoms with Gasteiger partial charge in [-0.25, -0.2) is 0 Å². The normalized spacial score (nSPS) is 11.0. The minimum absolute atomic E-state index is 0.125. The van der Waals surface area contributed by atoms with Crippen molar-refractivity contribution >= 4 is 22.6 Å². The minimum Gasteiger partial charge on any atom is -0.491 e. The van der Waals surface area contributed by atoms with Crippen molar-refractivity contribution in [2.24, 2.45) is 7.05 Å². The van der Waals surface area contributed by atoms with Crippen LogP contribution < -0.4 is 10.1 Å². The van der Waals surface area contributed by atoms with Gasteiger partial charge in [0, 0.05) is 25.9 Å². The van der Waals surface area contributed by atoms with Crippen molar-refractivity contribution < 1.29 is 14.3 Å². The summed E-state index contributed by atoms with van der Waals surface area (Å²) >= 11 is 0. The Bertz CT molecular complexity index is 1160. The number of hydrogen-bond acceptors (Lipinski definition) is 5. The van der Waals surface area contributed by atoms with Crippen LogP contribution in [0, 0.1) is 0 Å². The number of methoxy groups -OCH3 is 1. The fourth-order valence-corrected chi connectivity index (χ4v) is 3.34. The first kappa shape index (κ1) is 20.6. The Kier molecular flexibility index (Phi) is 6.28. The molecule has 0 aliphatic rings. The molecule has 8 nitrogen and oxygen atoms in total. The molecule has 0 bridgehead atoms. The van der Waals surface area contributed by atoms with Crippen LogP contribution in [0.1, 0.15) is 11.1 Å². The summed E-state index contributed by atoms with van der Waals surface area (Å²) < 4.78 is 12.6. The Morgan fingerprint density at radius 1 is 1.06 bits per heavy atom. The summed E-state index contributed by atoms with van der Waals surface area (Å²) in [4.78, 5) is 14.0. The van der Waals surface area contributed by atoms with Crippen LogP contribution in [0.4, 0.5) is 5.82 Å². The Morgan fingerprint density at radius 3 is 2.68 bits per heavy atom. The third-order valence-corrected chi connectivity index (χ3v) is 4.92. The molecule has 4 aromatic rings. The van der Waals surface area contributed by atoms with Crippen LogP contribution in [0.25, 0.3) is 10.9 Å².